The quantitative estimate of drug-likeness (QED) is 0.0323. The highest BCUT2D eigenvalue weighted by Gasteiger charge is 2.22. The molecule has 0 bridgehead atoms. The highest BCUT2D eigenvalue weighted by molar-refractivity contribution is 6.12. The molecule has 0 unspecified atom stereocenters. The number of hydrogen-bond acceptors (Lipinski definition) is 12. The number of aliphatic carboxylic acids is 5. The van der Waals surface area contributed by atoms with Crippen molar-refractivity contribution in [1.29, 1.82) is 0 Å². The normalized spacial score (nSPS) is 12.2. The maximum atomic E-state index is 11.1. The van der Waals surface area contributed by atoms with Crippen LogP contribution in [0.1, 0.15) is 84.0 Å². The van der Waals surface area contributed by atoms with Crippen molar-refractivity contribution in [2.45, 2.75) is 84.0 Å². The molecule has 0 radical (unpaired) electrons. The van der Waals surface area contributed by atoms with E-state index in [0.717, 1.165) is 56.9 Å². The van der Waals surface area contributed by atoms with Gasteiger partial charge in [-0.25, -0.2) is 14.4 Å². The molecule has 0 aromatic heterocycles. The van der Waals surface area contributed by atoms with Crippen LogP contribution >= 0.6 is 0 Å². The van der Waals surface area contributed by atoms with Crippen LogP contribution in [-0.2, 0) is 52.7 Å². The van der Waals surface area contributed by atoms with Gasteiger partial charge in [0.2, 0.25) is 5.91 Å². The molecular formula is C32H47N3O16. The minimum Gasteiger partial charge on any atom is -0.481 e. The van der Waals surface area contributed by atoms with Crippen LogP contribution < -0.4 is 11.1 Å². The third kappa shape index (κ3) is 40.4. The number of nitrogens with one attached hydrogen (secondary N) is 1. The second-order valence-electron chi connectivity index (χ2n) is 10.1. The van der Waals surface area contributed by atoms with Gasteiger partial charge in [0.15, 0.2) is 0 Å². The summed E-state index contributed by atoms with van der Waals surface area (Å²) >= 11 is 0. The summed E-state index contributed by atoms with van der Waals surface area (Å²) in [5.74, 6) is -6.53. The first kappa shape index (κ1) is 49.7. The highest BCUT2D eigenvalue weighted by Crippen LogP contribution is 2.07. The van der Waals surface area contributed by atoms with Crippen LogP contribution in [0.2, 0.25) is 0 Å². The molecule has 8 N–H and O–H groups in total. The highest BCUT2D eigenvalue weighted by atomic mass is 16.6. The van der Waals surface area contributed by atoms with E-state index in [1.165, 1.54) is 17.1 Å². The van der Waals surface area contributed by atoms with E-state index < -0.39 is 47.7 Å². The van der Waals surface area contributed by atoms with Crippen molar-refractivity contribution in [3.8, 4) is 0 Å². The molecule has 2 heterocycles. The zero-order valence-corrected chi connectivity index (χ0v) is 28.3. The van der Waals surface area contributed by atoms with Crippen LogP contribution in [0.15, 0.2) is 36.5 Å². The Morgan fingerprint density at radius 2 is 1.06 bits per heavy atom. The van der Waals surface area contributed by atoms with Crippen LogP contribution in [0.5, 0.6) is 0 Å². The van der Waals surface area contributed by atoms with Crippen molar-refractivity contribution >= 4 is 59.5 Å². The summed E-state index contributed by atoms with van der Waals surface area (Å²) in [6, 6.07) is 0. The predicted molar refractivity (Wildman–Crippen MR) is 177 cm³/mol. The number of unbranched alkanes of at least 4 members (excludes halogenated alkanes) is 6. The predicted octanol–water partition coefficient (Wildman–Crippen LogP) is 1.25. The van der Waals surface area contributed by atoms with Gasteiger partial charge in [-0.3, -0.25) is 38.5 Å². The SMILES string of the molecule is CC(=O)O.NCCCCCC(=O)O.O=C(O)/C=C\C(=O)NCCCCCC(=O)O.O=C(O)CCCCCN1C(=O)C=CC1=O.O=C1C=CC(=O)O1. The van der Waals surface area contributed by atoms with Crippen molar-refractivity contribution in [3.63, 3.8) is 0 Å². The standard InChI is InChI=1S/C10H15NO5.C10H13NO4.C6H13NO2.C4H2O3.C2H4O2/c12-8(5-6-10(15)16)11-7-3-1-2-4-9(13)14;12-8-5-6-9(13)11(8)7-3-1-2-4-10(14)15;7-5-3-1-2-4-6(8)9;5-3-1-2-4(6)7-3;1-2(3)4/h5-6H,1-4,7H2,(H,11,12)(H,13,14)(H,15,16);5-6H,1-4,7H2,(H,14,15);1-5,7H2,(H,8,9);1-2H;1H3,(H,3,4)/b6-5-;;;;. The van der Waals surface area contributed by atoms with Crippen LogP contribution in [0, 0.1) is 0 Å². The van der Waals surface area contributed by atoms with Crippen LogP contribution in [-0.4, -0.2) is 110 Å². The molecule has 51 heavy (non-hydrogen) atoms. The fourth-order valence-corrected chi connectivity index (χ4v) is 3.27. The van der Waals surface area contributed by atoms with E-state index in [9.17, 15) is 43.2 Å². The molecule has 0 aromatic rings. The Kier molecular flexibility index (Phi) is 32.0. The lowest BCUT2D eigenvalue weighted by Gasteiger charge is -2.12. The lowest BCUT2D eigenvalue weighted by atomic mass is 10.2. The lowest BCUT2D eigenvalue weighted by Crippen LogP contribution is -2.30. The van der Waals surface area contributed by atoms with E-state index >= 15 is 0 Å². The summed E-state index contributed by atoms with van der Waals surface area (Å²) < 4.78 is 3.97. The van der Waals surface area contributed by atoms with Gasteiger partial charge in [-0.2, -0.15) is 0 Å². The number of cyclic esters (lactones) is 2. The molecule has 0 fully saturated rings. The van der Waals surface area contributed by atoms with Crippen molar-refractivity contribution in [1.82, 2.24) is 10.2 Å². The summed E-state index contributed by atoms with van der Waals surface area (Å²) in [4.78, 5) is 103. The largest absolute Gasteiger partial charge is 0.481 e. The molecule has 2 rings (SSSR count). The van der Waals surface area contributed by atoms with Crippen LogP contribution in [0.3, 0.4) is 0 Å². The Balaban J connectivity index is -0.000000604. The molecule has 0 saturated heterocycles. The molecule has 2 aliphatic heterocycles. The van der Waals surface area contributed by atoms with E-state index in [1.807, 2.05) is 0 Å². The van der Waals surface area contributed by atoms with Crippen molar-refractivity contribution in [2.24, 2.45) is 5.73 Å². The molecule has 19 heteroatoms. The van der Waals surface area contributed by atoms with Crippen molar-refractivity contribution in [2.75, 3.05) is 19.6 Å². The number of carbonyl (C=O) groups excluding carboxylic acids is 5. The number of nitrogens with two attached hydrogens (primary N) is 1. The Labute approximate surface area is 293 Å². The average Bonchev–Trinajstić information content (AvgIpc) is 3.57. The molecular weight excluding hydrogens is 682 g/mol. The minimum absolute atomic E-state index is 0.132. The molecule has 19 nitrogen and oxygen atoms in total. The number of hydrogen-bond donors (Lipinski definition) is 7. The van der Waals surface area contributed by atoms with Crippen molar-refractivity contribution in [3.05, 3.63) is 36.5 Å². The van der Waals surface area contributed by atoms with E-state index in [4.69, 9.17) is 36.1 Å². The maximum absolute atomic E-state index is 11.1. The number of carboxylic acids is 5. The van der Waals surface area contributed by atoms with Crippen LogP contribution in [0.4, 0.5) is 0 Å². The van der Waals surface area contributed by atoms with Gasteiger partial charge in [0.05, 0.1) is 0 Å². The smallest absolute Gasteiger partial charge is 0.338 e. The summed E-state index contributed by atoms with van der Waals surface area (Å²) in [5.41, 5.74) is 5.20. The number of esters is 2. The second-order valence-corrected chi connectivity index (χ2v) is 10.1. The van der Waals surface area contributed by atoms with Gasteiger partial charge in [-0.1, -0.05) is 19.3 Å². The molecule has 0 aromatic carbocycles. The first-order valence-electron chi connectivity index (χ1n) is 15.6. The lowest BCUT2D eigenvalue weighted by molar-refractivity contribution is -0.150. The monoisotopic (exact) mass is 729 g/mol. The zero-order valence-electron chi connectivity index (χ0n) is 28.3. The van der Waals surface area contributed by atoms with Crippen LogP contribution in [0.25, 0.3) is 0 Å². The maximum Gasteiger partial charge on any atom is 0.338 e. The molecule has 0 aliphatic carbocycles. The topological polar surface area (TPSA) is 322 Å². The van der Waals surface area contributed by atoms with E-state index in [2.05, 4.69) is 10.1 Å². The van der Waals surface area contributed by atoms with Gasteiger partial charge in [-0.05, 0) is 45.1 Å². The Morgan fingerprint density at radius 3 is 1.41 bits per heavy atom. The number of nitrogens with zero attached hydrogens (tertiary/aromatic N) is 1. The Hall–Kier alpha value is -5.72. The van der Waals surface area contributed by atoms with Gasteiger partial charge in [0, 0.05) is 75.7 Å². The average molecular weight is 730 g/mol. The first-order valence-corrected chi connectivity index (χ1v) is 15.6. The van der Waals surface area contributed by atoms with Gasteiger partial charge in [-0.15, -0.1) is 0 Å². The Bertz CT molecular complexity index is 1220. The van der Waals surface area contributed by atoms with Gasteiger partial charge < -0.3 is 41.3 Å². The zero-order chi connectivity index (χ0) is 39.6. The summed E-state index contributed by atoms with van der Waals surface area (Å²) in [5, 5.41) is 43.0. The molecule has 3 amide bonds. The number of amides is 3. The third-order valence-corrected chi connectivity index (χ3v) is 5.57. The fraction of sp³-hybridized carbons (Fsp3) is 0.500. The number of carbonyl (C=O) groups is 10. The first-order chi connectivity index (χ1) is 23.9. The number of imide groups is 1. The van der Waals surface area contributed by atoms with Gasteiger partial charge >= 0.3 is 35.8 Å². The summed E-state index contributed by atoms with van der Waals surface area (Å²) in [6.45, 7) is 2.55. The molecule has 0 atom stereocenters. The molecule has 0 saturated carbocycles. The number of rotatable bonds is 19. The van der Waals surface area contributed by atoms with E-state index in [-0.39, 0.29) is 31.1 Å². The molecule has 2 aliphatic rings. The van der Waals surface area contributed by atoms with Crippen molar-refractivity contribution < 1.29 is 78.2 Å². The second kappa shape index (κ2) is 32.8. The summed E-state index contributed by atoms with van der Waals surface area (Å²) in [6.07, 6.45) is 13.5. The van der Waals surface area contributed by atoms with E-state index in [1.54, 1.807) is 0 Å². The molecule has 0 spiro atoms. The Morgan fingerprint density at radius 1 is 0.647 bits per heavy atom. The van der Waals surface area contributed by atoms with Gasteiger partial charge in [0.25, 0.3) is 17.8 Å². The van der Waals surface area contributed by atoms with Gasteiger partial charge in [0.1, 0.15) is 0 Å². The number of ether oxygens (including phenoxy) is 1. The third-order valence-electron chi connectivity index (χ3n) is 5.57. The van der Waals surface area contributed by atoms with E-state index in [0.29, 0.717) is 51.7 Å². The fourth-order valence-electron chi connectivity index (χ4n) is 3.27. The molecule has 286 valence electrons. The number of carboxylic acid groups (broad SMARTS) is 5. The summed E-state index contributed by atoms with van der Waals surface area (Å²) in [7, 11) is 0. The minimum atomic E-state index is -1.17.